The van der Waals surface area contributed by atoms with Crippen LogP contribution in [0.1, 0.15) is 133 Å². The van der Waals surface area contributed by atoms with E-state index in [4.69, 9.17) is 19.7 Å². The van der Waals surface area contributed by atoms with E-state index in [1.54, 1.807) is 24.3 Å². The van der Waals surface area contributed by atoms with E-state index in [-0.39, 0.29) is 22.3 Å². The van der Waals surface area contributed by atoms with Gasteiger partial charge in [-0.15, -0.1) is 0 Å². The van der Waals surface area contributed by atoms with Crippen LogP contribution in [0.5, 0.6) is 0 Å². The zero-order valence-corrected chi connectivity index (χ0v) is 25.6. The first-order valence-electron chi connectivity index (χ1n) is 15.0. The van der Waals surface area contributed by atoms with Gasteiger partial charge in [0.1, 0.15) is 0 Å². The van der Waals surface area contributed by atoms with Crippen molar-refractivity contribution < 1.29 is 38.9 Å². The number of unbranched alkanes of at least 4 members (excludes halogenated alkanes) is 6. The lowest BCUT2D eigenvalue weighted by Crippen LogP contribution is -2.12. The second-order valence-electron chi connectivity index (χ2n) is 11.2. The molecule has 42 heavy (non-hydrogen) atoms. The van der Waals surface area contributed by atoms with Gasteiger partial charge in [-0.05, 0) is 48.9 Å². The lowest BCUT2D eigenvalue weighted by Gasteiger charge is -2.07. The van der Waals surface area contributed by atoms with Gasteiger partial charge in [-0.1, -0.05) is 103 Å². The standard InChI is InChI=1S/2C17H24O4/c2*1-13(2)9-5-3-4-8-12-21-17(20)15-11-7-6-10-14(15)16(18)19/h2*6-7,10-11,13H,3-5,8-9,12H2,1-2H3,(H,18,19). The Morgan fingerprint density at radius 3 is 1.14 bits per heavy atom. The highest BCUT2D eigenvalue weighted by Gasteiger charge is 2.17. The lowest BCUT2D eigenvalue weighted by molar-refractivity contribution is 0.0482. The van der Waals surface area contributed by atoms with E-state index < -0.39 is 23.9 Å². The Bertz CT molecular complexity index is 1020. The van der Waals surface area contributed by atoms with Gasteiger partial charge in [0.15, 0.2) is 0 Å². The summed E-state index contributed by atoms with van der Waals surface area (Å²) in [7, 11) is 0. The van der Waals surface area contributed by atoms with Gasteiger partial charge in [-0.2, -0.15) is 0 Å². The summed E-state index contributed by atoms with van der Waals surface area (Å²) < 4.78 is 10.3. The fourth-order valence-electron chi connectivity index (χ4n) is 4.20. The van der Waals surface area contributed by atoms with Crippen molar-refractivity contribution in [2.45, 2.75) is 91.9 Å². The maximum Gasteiger partial charge on any atom is 0.339 e. The first kappa shape index (κ1) is 36.3. The van der Waals surface area contributed by atoms with Gasteiger partial charge < -0.3 is 19.7 Å². The monoisotopic (exact) mass is 584 g/mol. The maximum atomic E-state index is 11.9. The van der Waals surface area contributed by atoms with Gasteiger partial charge in [0.05, 0.1) is 35.5 Å². The number of hydrogen-bond donors (Lipinski definition) is 2. The van der Waals surface area contributed by atoms with Crippen LogP contribution in [0, 0.1) is 11.8 Å². The van der Waals surface area contributed by atoms with Crippen LogP contribution in [-0.4, -0.2) is 47.3 Å². The normalized spacial score (nSPS) is 10.6. The molecule has 2 N–H and O–H groups in total. The molecule has 8 heteroatoms. The third kappa shape index (κ3) is 15.4. The van der Waals surface area contributed by atoms with E-state index in [0.29, 0.717) is 13.2 Å². The summed E-state index contributed by atoms with van der Waals surface area (Å²) in [6, 6.07) is 12.2. The molecule has 2 rings (SSSR count). The van der Waals surface area contributed by atoms with Gasteiger partial charge in [0.2, 0.25) is 0 Å². The van der Waals surface area contributed by atoms with Crippen LogP contribution in [-0.2, 0) is 9.47 Å². The molecule has 0 atom stereocenters. The number of ether oxygens (including phenoxy) is 2. The summed E-state index contributed by atoms with van der Waals surface area (Å²) in [5.41, 5.74) is 0.202. The number of carbonyl (C=O) groups excluding carboxylic acids is 2. The molecular formula is C34H48O8. The van der Waals surface area contributed by atoms with Gasteiger partial charge in [-0.25, -0.2) is 19.2 Å². The molecule has 0 aliphatic rings. The van der Waals surface area contributed by atoms with Gasteiger partial charge in [-0.3, -0.25) is 0 Å². The van der Waals surface area contributed by atoms with Gasteiger partial charge in [0, 0.05) is 0 Å². The van der Waals surface area contributed by atoms with Crippen LogP contribution in [0.25, 0.3) is 0 Å². The smallest absolute Gasteiger partial charge is 0.339 e. The van der Waals surface area contributed by atoms with Gasteiger partial charge in [0.25, 0.3) is 0 Å². The first-order chi connectivity index (χ1) is 20.0. The summed E-state index contributed by atoms with van der Waals surface area (Å²) in [5, 5.41) is 18.0. The Balaban J connectivity index is 0.000000420. The van der Waals surface area contributed by atoms with Crippen molar-refractivity contribution in [3.8, 4) is 0 Å². The third-order valence-corrected chi connectivity index (χ3v) is 6.57. The number of aromatic carboxylic acids is 2. The Morgan fingerprint density at radius 2 is 0.833 bits per heavy atom. The van der Waals surface area contributed by atoms with Crippen molar-refractivity contribution in [3.05, 3.63) is 70.8 Å². The zero-order chi connectivity index (χ0) is 31.3. The van der Waals surface area contributed by atoms with E-state index in [0.717, 1.165) is 50.4 Å². The van der Waals surface area contributed by atoms with Gasteiger partial charge >= 0.3 is 23.9 Å². The van der Waals surface area contributed by atoms with Crippen LogP contribution in [0.15, 0.2) is 48.5 Å². The molecule has 0 aliphatic carbocycles. The average Bonchev–Trinajstić information content (AvgIpc) is 2.95. The Kier molecular flexibility index (Phi) is 18.2. The number of carbonyl (C=O) groups is 4. The third-order valence-electron chi connectivity index (χ3n) is 6.57. The Labute approximate surface area is 250 Å². The molecule has 0 fully saturated rings. The maximum absolute atomic E-state index is 11.9. The fourth-order valence-corrected chi connectivity index (χ4v) is 4.20. The van der Waals surface area contributed by atoms with Crippen LogP contribution in [0.2, 0.25) is 0 Å². The molecule has 0 unspecified atom stereocenters. The van der Waals surface area contributed by atoms with E-state index in [9.17, 15) is 19.2 Å². The highest BCUT2D eigenvalue weighted by molar-refractivity contribution is 6.03. The van der Waals surface area contributed by atoms with Crippen LogP contribution < -0.4 is 0 Å². The quantitative estimate of drug-likeness (QED) is 0.132. The minimum Gasteiger partial charge on any atom is -0.478 e. The van der Waals surface area contributed by atoms with E-state index in [2.05, 4.69) is 27.7 Å². The van der Waals surface area contributed by atoms with Crippen molar-refractivity contribution >= 4 is 23.9 Å². The molecule has 8 nitrogen and oxygen atoms in total. The van der Waals surface area contributed by atoms with Crippen LogP contribution >= 0.6 is 0 Å². The molecule has 0 saturated heterocycles. The first-order valence-corrected chi connectivity index (χ1v) is 15.0. The summed E-state index contributed by atoms with van der Waals surface area (Å²) in [5.74, 6) is -1.89. The molecule has 0 aromatic heterocycles. The number of carboxylic acid groups (broad SMARTS) is 2. The second kappa shape index (κ2) is 21.1. The highest BCUT2D eigenvalue weighted by atomic mass is 16.5. The SMILES string of the molecule is CC(C)CCCCCCOC(=O)c1ccccc1C(=O)O.CC(C)CCCCCCOC(=O)c1ccccc1C(=O)O. The van der Waals surface area contributed by atoms with Crippen LogP contribution in [0.4, 0.5) is 0 Å². The Morgan fingerprint density at radius 1 is 0.524 bits per heavy atom. The zero-order valence-electron chi connectivity index (χ0n) is 25.6. The predicted molar refractivity (Wildman–Crippen MR) is 163 cm³/mol. The molecule has 0 bridgehead atoms. The molecule has 2 aromatic carbocycles. The fraction of sp³-hybridized carbons (Fsp3) is 0.529. The molecule has 0 spiro atoms. The lowest BCUT2D eigenvalue weighted by atomic mass is 10.0. The minimum atomic E-state index is -1.11. The van der Waals surface area contributed by atoms with Crippen molar-refractivity contribution in [2.24, 2.45) is 11.8 Å². The molecule has 0 aliphatic heterocycles. The van der Waals surface area contributed by atoms with Crippen molar-refractivity contribution in [3.63, 3.8) is 0 Å². The minimum absolute atomic E-state index is 0.0144. The van der Waals surface area contributed by atoms with E-state index in [1.807, 2.05) is 0 Å². The summed E-state index contributed by atoms with van der Waals surface area (Å²) in [6.07, 6.45) is 10.8. The Hall–Kier alpha value is -3.68. The van der Waals surface area contributed by atoms with E-state index >= 15 is 0 Å². The number of esters is 2. The number of rotatable bonds is 18. The number of benzene rings is 2. The molecule has 232 valence electrons. The van der Waals surface area contributed by atoms with E-state index in [1.165, 1.54) is 49.9 Å². The largest absolute Gasteiger partial charge is 0.478 e. The molecule has 2 aromatic rings. The molecular weight excluding hydrogens is 536 g/mol. The number of carboxylic acids is 2. The average molecular weight is 585 g/mol. The second-order valence-corrected chi connectivity index (χ2v) is 11.2. The van der Waals surface area contributed by atoms with Crippen molar-refractivity contribution in [1.29, 1.82) is 0 Å². The highest BCUT2D eigenvalue weighted by Crippen LogP contribution is 2.14. The molecule has 0 saturated carbocycles. The topological polar surface area (TPSA) is 127 Å². The van der Waals surface area contributed by atoms with Crippen molar-refractivity contribution in [1.82, 2.24) is 0 Å². The molecule has 0 amide bonds. The van der Waals surface area contributed by atoms with Crippen LogP contribution in [0.3, 0.4) is 0 Å². The molecule has 0 heterocycles. The molecule has 0 radical (unpaired) electrons. The summed E-state index contributed by atoms with van der Waals surface area (Å²) in [6.45, 7) is 9.52. The summed E-state index contributed by atoms with van der Waals surface area (Å²) in [4.78, 5) is 45.8. The number of hydrogen-bond acceptors (Lipinski definition) is 6. The predicted octanol–water partition coefficient (Wildman–Crippen LogP) is 8.30. The summed E-state index contributed by atoms with van der Waals surface area (Å²) >= 11 is 0. The van der Waals surface area contributed by atoms with Crippen molar-refractivity contribution in [2.75, 3.05) is 13.2 Å².